The van der Waals surface area contributed by atoms with Gasteiger partial charge in [-0.1, -0.05) is 47.5 Å². The van der Waals surface area contributed by atoms with E-state index in [1.54, 1.807) is 50.2 Å². The number of anilines is 4. The molecule has 4 amide bonds. The molecule has 2 unspecified atom stereocenters. The van der Waals surface area contributed by atoms with Gasteiger partial charge in [0.2, 0.25) is 12.1 Å². The fraction of sp³-hybridized carbons (Fsp3) is 0.182. The normalized spacial score (nSPS) is 12.1. The van der Waals surface area contributed by atoms with Crippen molar-refractivity contribution < 1.29 is 28.8 Å². The van der Waals surface area contributed by atoms with Crippen LogP contribution in [0.1, 0.15) is 56.8 Å². The van der Waals surface area contributed by atoms with Crippen molar-refractivity contribution in [3.05, 3.63) is 140 Å². The minimum Gasteiger partial charge on any atom is -0.324 e. The molecule has 2 atom stereocenters. The molecule has 4 N–H and O–H groups in total. The smallest absolute Gasteiger partial charge is 0.258 e. The van der Waals surface area contributed by atoms with E-state index in [4.69, 9.17) is 46.4 Å². The van der Waals surface area contributed by atoms with E-state index in [9.17, 15) is 28.8 Å². The van der Waals surface area contributed by atoms with E-state index in [0.29, 0.717) is 33.9 Å². The highest BCUT2D eigenvalue weighted by Gasteiger charge is 2.26. The minimum atomic E-state index is -1.55. The number of nitrogens with one attached hydrogen (secondary N) is 4. The Kier molecular flexibility index (Phi) is 16.2. The molecule has 0 bridgehead atoms. The maximum atomic E-state index is 13.4. The Bertz CT molecular complexity index is 2460. The maximum Gasteiger partial charge on any atom is 0.258 e. The number of halogens is 4. The molecule has 0 heterocycles. The van der Waals surface area contributed by atoms with Crippen LogP contribution in [0, 0.1) is 13.8 Å². The summed E-state index contributed by atoms with van der Waals surface area (Å²) in [4.78, 5) is 78.0. The largest absolute Gasteiger partial charge is 0.324 e. The van der Waals surface area contributed by atoms with Crippen LogP contribution < -0.4 is 21.3 Å². The molecule has 0 saturated carbocycles. The van der Waals surface area contributed by atoms with Crippen molar-refractivity contribution in [2.75, 3.05) is 21.3 Å². The van der Waals surface area contributed by atoms with Crippen LogP contribution in [0.25, 0.3) is 0 Å². The number of hydrogen-bond acceptors (Lipinski definition) is 10. The summed E-state index contributed by atoms with van der Waals surface area (Å²) >= 11 is 24.4. The van der Waals surface area contributed by atoms with Crippen molar-refractivity contribution in [3.8, 4) is 0 Å². The van der Waals surface area contributed by atoms with Gasteiger partial charge < -0.3 is 21.3 Å². The van der Waals surface area contributed by atoms with Crippen LogP contribution in [0.5, 0.6) is 0 Å². The van der Waals surface area contributed by atoms with Crippen molar-refractivity contribution in [2.45, 2.75) is 51.5 Å². The zero-order valence-corrected chi connectivity index (χ0v) is 36.6. The number of carbonyl (C=O) groups is 6. The van der Waals surface area contributed by atoms with E-state index in [1.807, 2.05) is 12.1 Å². The zero-order valence-electron chi connectivity index (χ0n) is 33.6. The lowest BCUT2D eigenvalue weighted by Gasteiger charge is -2.17. The number of Topliss-reactive ketones (excluding diaryl/α,β-unsaturated/α-hetero) is 2. The molecule has 0 saturated heterocycles. The molecular weight excluding hydrogens is 878 g/mol. The molecule has 14 nitrogen and oxygen atoms in total. The number of carbonyl (C=O) groups excluding carboxylic acids is 6. The summed E-state index contributed by atoms with van der Waals surface area (Å²) in [5, 5.41) is 27.3. The molecule has 5 aromatic carbocycles. The fourth-order valence-corrected chi connectivity index (χ4v) is 6.48. The average Bonchev–Trinajstić information content (AvgIpc) is 3.24. The van der Waals surface area contributed by atoms with E-state index in [1.165, 1.54) is 62.4 Å². The molecule has 0 aliphatic heterocycles. The van der Waals surface area contributed by atoms with Gasteiger partial charge in [0.05, 0.1) is 32.5 Å². The summed E-state index contributed by atoms with van der Waals surface area (Å²) in [7, 11) is 0. The number of amides is 4. The van der Waals surface area contributed by atoms with Crippen molar-refractivity contribution >= 4 is 116 Å². The Morgan fingerprint density at radius 2 is 0.919 bits per heavy atom. The molecule has 0 spiro atoms. The molecule has 62 heavy (non-hydrogen) atoms. The van der Waals surface area contributed by atoms with Gasteiger partial charge in [-0.05, 0) is 123 Å². The Labute approximate surface area is 376 Å². The molecular formula is C44H38Cl4N8O6. The van der Waals surface area contributed by atoms with Crippen LogP contribution in [-0.4, -0.2) is 47.3 Å². The van der Waals surface area contributed by atoms with Gasteiger partial charge in [0.25, 0.3) is 23.6 Å². The third-order valence-electron chi connectivity index (χ3n) is 9.21. The van der Waals surface area contributed by atoms with Crippen LogP contribution in [0.15, 0.2) is 118 Å². The van der Waals surface area contributed by atoms with Crippen molar-refractivity contribution in [2.24, 2.45) is 20.5 Å². The lowest BCUT2D eigenvalue weighted by molar-refractivity contribution is -0.127. The Hall–Kier alpha value is -6.32. The molecule has 0 aromatic heterocycles. The van der Waals surface area contributed by atoms with Gasteiger partial charge in [0.1, 0.15) is 0 Å². The van der Waals surface area contributed by atoms with Crippen LogP contribution in [0.2, 0.25) is 10.0 Å². The van der Waals surface area contributed by atoms with Gasteiger partial charge in [-0.25, -0.2) is 0 Å². The highest BCUT2D eigenvalue weighted by molar-refractivity contribution is 6.35. The standard InChI is InChI=1S/C44H38Cl4N8O6/c1-23-24(2)38(52-44(62)40(26(4)58)56-54-32-12-14-36(48)34(20-32)42(60)50-30-10-6-8-28(18-30)22-46)16-15-37(23)51-43(61)39(25(3)57)55-53-31-11-13-35(47)33(19-31)41(59)49-29-9-5-7-27(17-29)21-45/h5-20,39-40H,21-22H2,1-4H3,(H,49,59)(H,50,60)(H,51,61)(H,52,62). The lowest BCUT2D eigenvalue weighted by Crippen LogP contribution is -2.33. The third kappa shape index (κ3) is 12.2. The van der Waals surface area contributed by atoms with E-state index in [2.05, 4.69) is 41.7 Å². The van der Waals surface area contributed by atoms with Gasteiger partial charge in [-0.2, -0.15) is 20.5 Å². The van der Waals surface area contributed by atoms with E-state index in [0.717, 1.165) is 11.1 Å². The lowest BCUT2D eigenvalue weighted by atomic mass is 10.0. The molecule has 18 heteroatoms. The predicted molar refractivity (Wildman–Crippen MR) is 242 cm³/mol. The number of rotatable bonds is 16. The first-order valence-electron chi connectivity index (χ1n) is 18.6. The number of alkyl halides is 2. The number of hydrogen-bond donors (Lipinski definition) is 4. The fourth-order valence-electron chi connectivity index (χ4n) is 5.74. The Morgan fingerprint density at radius 1 is 0.532 bits per heavy atom. The van der Waals surface area contributed by atoms with Crippen LogP contribution in [-0.2, 0) is 30.9 Å². The second-order valence-electron chi connectivity index (χ2n) is 13.8. The minimum absolute atomic E-state index is 0.0853. The topological polar surface area (TPSA) is 200 Å². The predicted octanol–water partition coefficient (Wildman–Crippen LogP) is 11.0. The van der Waals surface area contributed by atoms with Gasteiger partial charge in [0, 0.05) is 34.5 Å². The summed E-state index contributed by atoms with van der Waals surface area (Å²) in [6, 6.07) is 22.5. The zero-order chi connectivity index (χ0) is 45.1. The summed E-state index contributed by atoms with van der Waals surface area (Å²) in [5.41, 5.74) is 4.81. The first-order chi connectivity index (χ1) is 29.6. The second kappa shape index (κ2) is 21.5. The SMILES string of the molecule is CC(=O)C(N=Nc1ccc(Cl)c(C(=O)Nc2cccc(CCl)c2)c1)C(=O)Nc1ccc(NC(=O)C(N=Nc2ccc(Cl)c(C(=O)Nc3cccc(CCl)c3)c2)C(C)=O)c(C)c1C. The van der Waals surface area contributed by atoms with Gasteiger partial charge >= 0.3 is 0 Å². The molecule has 0 radical (unpaired) electrons. The van der Waals surface area contributed by atoms with Crippen LogP contribution >= 0.6 is 46.4 Å². The van der Waals surface area contributed by atoms with Crippen molar-refractivity contribution in [1.29, 1.82) is 0 Å². The third-order valence-corrected chi connectivity index (χ3v) is 10.5. The average molecular weight is 917 g/mol. The Balaban J connectivity index is 1.25. The summed E-state index contributed by atoms with van der Waals surface area (Å²) in [6.45, 7) is 5.74. The monoisotopic (exact) mass is 914 g/mol. The van der Waals surface area contributed by atoms with E-state index in [-0.39, 0.29) is 44.3 Å². The van der Waals surface area contributed by atoms with Crippen LogP contribution in [0.4, 0.5) is 34.1 Å². The summed E-state index contributed by atoms with van der Waals surface area (Å²) < 4.78 is 0. The molecule has 0 aliphatic carbocycles. The first-order valence-corrected chi connectivity index (χ1v) is 20.5. The molecule has 318 valence electrons. The first kappa shape index (κ1) is 46.7. The molecule has 0 fully saturated rings. The van der Waals surface area contributed by atoms with Gasteiger partial charge in [-0.15, -0.1) is 23.2 Å². The van der Waals surface area contributed by atoms with Crippen LogP contribution in [0.3, 0.4) is 0 Å². The Morgan fingerprint density at radius 3 is 1.27 bits per heavy atom. The van der Waals surface area contributed by atoms with Gasteiger partial charge in [-0.3, -0.25) is 28.8 Å². The van der Waals surface area contributed by atoms with Crippen molar-refractivity contribution in [1.82, 2.24) is 0 Å². The summed E-state index contributed by atoms with van der Waals surface area (Å²) in [6.07, 6.45) is 0. The highest BCUT2D eigenvalue weighted by Crippen LogP contribution is 2.29. The van der Waals surface area contributed by atoms with E-state index >= 15 is 0 Å². The maximum absolute atomic E-state index is 13.4. The van der Waals surface area contributed by atoms with Crippen molar-refractivity contribution in [3.63, 3.8) is 0 Å². The molecule has 0 aliphatic rings. The number of azo groups is 2. The molecule has 5 aromatic rings. The highest BCUT2D eigenvalue weighted by atomic mass is 35.5. The van der Waals surface area contributed by atoms with E-state index < -0.39 is 47.3 Å². The summed E-state index contributed by atoms with van der Waals surface area (Å²) in [5.74, 6) is -3.30. The number of benzene rings is 5. The molecule has 5 rings (SSSR count). The van der Waals surface area contributed by atoms with Gasteiger partial charge in [0.15, 0.2) is 11.6 Å². The number of ketones is 2. The quantitative estimate of drug-likeness (QED) is 0.0431. The number of nitrogens with zero attached hydrogens (tertiary/aromatic N) is 4. The second-order valence-corrected chi connectivity index (χ2v) is 15.1.